The van der Waals surface area contributed by atoms with Gasteiger partial charge in [0.25, 0.3) is 0 Å². The smallest absolute Gasteiger partial charge is 0.221 e. The Morgan fingerprint density at radius 2 is 2.21 bits per heavy atom. The number of hydrogen-bond donors (Lipinski definition) is 2. The first kappa shape index (κ1) is 13.9. The van der Waals surface area contributed by atoms with Gasteiger partial charge in [-0.2, -0.15) is 0 Å². The summed E-state index contributed by atoms with van der Waals surface area (Å²) in [5.74, 6) is 0.675. The monoisotopic (exact) mass is 261 g/mol. The summed E-state index contributed by atoms with van der Waals surface area (Å²) in [6, 6.07) is 7.88. The third-order valence-corrected chi connectivity index (χ3v) is 3.50. The average Bonchev–Trinajstić information content (AvgIpc) is 2.36. The SMILES string of the molecule is CC(=O)Nc1cccc(NCC2CCCN(C)C2)c1. The van der Waals surface area contributed by atoms with Crippen molar-refractivity contribution in [2.75, 3.05) is 37.3 Å². The van der Waals surface area contributed by atoms with Crippen molar-refractivity contribution in [1.29, 1.82) is 0 Å². The van der Waals surface area contributed by atoms with Crippen molar-refractivity contribution in [3.8, 4) is 0 Å². The van der Waals surface area contributed by atoms with E-state index in [-0.39, 0.29) is 5.91 Å². The van der Waals surface area contributed by atoms with E-state index >= 15 is 0 Å². The predicted octanol–water partition coefficient (Wildman–Crippen LogP) is 2.40. The van der Waals surface area contributed by atoms with E-state index in [1.165, 1.54) is 32.9 Å². The van der Waals surface area contributed by atoms with Gasteiger partial charge in [-0.25, -0.2) is 0 Å². The normalized spacial score (nSPS) is 20.0. The molecule has 104 valence electrons. The van der Waals surface area contributed by atoms with Crippen LogP contribution in [0.4, 0.5) is 11.4 Å². The quantitative estimate of drug-likeness (QED) is 0.874. The van der Waals surface area contributed by atoms with Gasteiger partial charge in [-0.1, -0.05) is 6.07 Å². The van der Waals surface area contributed by atoms with Crippen molar-refractivity contribution in [2.45, 2.75) is 19.8 Å². The molecule has 1 unspecified atom stereocenters. The zero-order valence-electron chi connectivity index (χ0n) is 11.8. The van der Waals surface area contributed by atoms with E-state index in [1.54, 1.807) is 0 Å². The van der Waals surface area contributed by atoms with Crippen LogP contribution in [0.25, 0.3) is 0 Å². The molecule has 0 aromatic heterocycles. The lowest BCUT2D eigenvalue weighted by atomic mass is 9.98. The summed E-state index contributed by atoms with van der Waals surface area (Å²) < 4.78 is 0. The van der Waals surface area contributed by atoms with Gasteiger partial charge in [-0.3, -0.25) is 4.79 Å². The van der Waals surface area contributed by atoms with Gasteiger partial charge in [0.15, 0.2) is 0 Å². The number of anilines is 2. The number of carbonyl (C=O) groups excluding carboxylic acids is 1. The highest BCUT2D eigenvalue weighted by Gasteiger charge is 2.16. The molecule has 1 aliphatic rings. The van der Waals surface area contributed by atoms with Crippen LogP contribution in [0.1, 0.15) is 19.8 Å². The second-order valence-corrected chi connectivity index (χ2v) is 5.41. The van der Waals surface area contributed by atoms with Gasteiger partial charge >= 0.3 is 0 Å². The fraction of sp³-hybridized carbons (Fsp3) is 0.533. The summed E-state index contributed by atoms with van der Waals surface area (Å²) in [6.07, 6.45) is 2.58. The molecule has 1 heterocycles. The second-order valence-electron chi connectivity index (χ2n) is 5.41. The largest absolute Gasteiger partial charge is 0.385 e. The number of piperidine rings is 1. The third-order valence-electron chi connectivity index (χ3n) is 3.50. The number of hydrogen-bond acceptors (Lipinski definition) is 3. The number of benzene rings is 1. The van der Waals surface area contributed by atoms with E-state index in [0.717, 1.165) is 17.9 Å². The van der Waals surface area contributed by atoms with Gasteiger partial charge in [0, 0.05) is 31.4 Å². The summed E-state index contributed by atoms with van der Waals surface area (Å²) in [5, 5.41) is 6.27. The summed E-state index contributed by atoms with van der Waals surface area (Å²) in [6.45, 7) is 4.90. The molecule has 1 saturated heterocycles. The van der Waals surface area contributed by atoms with E-state index in [4.69, 9.17) is 0 Å². The first-order valence-corrected chi connectivity index (χ1v) is 6.93. The van der Waals surface area contributed by atoms with Crippen LogP contribution in [0, 0.1) is 5.92 Å². The van der Waals surface area contributed by atoms with Gasteiger partial charge in [0.2, 0.25) is 5.91 Å². The van der Waals surface area contributed by atoms with E-state index in [9.17, 15) is 4.79 Å². The molecule has 0 radical (unpaired) electrons. The minimum atomic E-state index is -0.0361. The Morgan fingerprint density at radius 1 is 1.42 bits per heavy atom. The zero-order valence-corrected chi connectivity index (χ0v) is 11.8. The molecule has 1 aliphatic heterocycles. The maximum absolute atomic E-state index is 11.0. The van der Waals surface area contributed by atoms with Crippen LogP contribution in [0.15, 0.2) is 24.3 Å². The van der Waals surface area contributed by atoms with E-state index < -0.39 is 0 Å². The molecule has 0 aliphatic carbocycles. The number of nitrogens with one attached hydrogen (secondary N) is 2. The van der Waals surface area contributed by atoms with E-state index in [1.807, 2.05) is 24.3 Å². The summed E-state index contributed by atoms with van der Waals surface area (Å²) in [7, 11) is 2.18. The minimum absolute atomic E-state index is 0.0361. The van der Waals surface area contributed by atoms with Crippen molar-refractivity contribution >= 4 is 17.3 Å². The van der Waals surface area contributed by atoms with Gasteiger partial charge in [-0.05, 0) is 50.6 Å². The Balaban J connectivity index is 1.86. The lowest BCUT2D eigenvalue weighted by Gasteiger charge is -2.30. The molecule has 2 rings (SSSR count). The molecular formula is C15H23N3O. The topological polar surface area (TPSA) is 44.4 Å². The maximum atomic E-state index is 11.0. The van der Waals surface area contributed by atoms with Crippen LogP contribution in [0.3, 0.4) is 0 Å². The predicted molar refractivity (Wildman–Crippen MR) is 79.5 cm³/mol. The molecule has 0 spiro atoms. The van der Waals surface area contributed by atoms with Gasteiger partial charge < -0.3 is 15.5 Å². The molecule has 1 amide bonds. The fourth-order valence-electron chi connectivity index (χ4n) is 2.61. The van der Waals surface area contributed by atoms with Crippen molar-refractivity contribution in [3.63, 3.8) is 0 Å². The van der Waals surface area contributed by atoms with Crippen LogP contribution < -0.4 is 10.6 Å². The lowest BCUT2D eigenvalue weighted by molar-refractivity contribution is -0.114. The van der Waals surface area contributed by atoms with Crippen molar-refractivity contribution in [1.82, 2.24) is 4.90 Å². The Hall–Kier alpha value is -1.55. The van der Waals surface area contributed by atoms with Crippen LogP contribution in [-0.2, 0) is 4.79 Å². The van der Waals surface area contributed by atoms with Crippen LogP contribution in [0.2, 0.25) is 0 Å². The highest BCUT2D eigenvalue weighted by Crippen LogP contribution is 2.18. The van der Waals surface area contributed by atoms with Gasteiger partial charge in [0.1, 0.15) is 0 Å². The van der Waals surface area contributed by atoms with Crippen molar-refractivity contribution in [3.05, 3.63) is 24.3 Å². The summed E-state index contributed by atoms with van der Waals surface area (Å²) in [5.41, 5.74) is 1.91. The Bertz CT molecular complexity index is 433. The van der Waals surface area contributed by atoms with E-state index in [2.05, 4.69) is 22.6 Å². The summed E-state index contributed by atoms with van der Waals surface area (Å²) >= 11 is 0. The van der Waals surface area contributed by atoms with Crippen LogP contribution in [0.5, 0.6) is 0 Å². The maximum Gasteiger partial charge on any atom is 0.221 e. The van der Waals surface area contributed by atoms with Gasteiger partial charge in [0.05, 0.1) is 0 Å². The molecule has 1 fully saturated rings. The molecule has 4 heteroatoms. The number of amides is 1. The fourth-order valence-corrected chi connectivity index (χ4v) is 2.61. The highest BCUT2D eigenvalue weighted by atomic mass is 16.1. The number of rotatable bonds is 4. The standard InChI is InChI=1S/C15H23N3O/c1-12(19)17-15-7-3-6-14(9-15)16-10-13-5-4-8-18(2)11-13/h3,6-7,9,13,16H,4-5,8,10-11H2,1-2H3,(H,17,19). The Kier molecular flexibility index (Phi) is 4.80. The second kappa shape index (κ2) is 6.57. The molecular weight excluding hydrogens is 238 g/mol. The highest BCUT2D eigenvalue weighted by molar-refractivity contribution is 5.89. The molecule has 1 aromatic rings. The number of carbonyl (C=O) groups is 1. The molecule has 2 N–H and O–H groups in total. The third kappa shape index (κ3) is 4.56. The lowest BCUT2D eigenvalue weighted by Crippen LogP contribution is -2.35. The van der Waals surface area contributed by atoms with Crippen LogP contribution in [-0.4, -0.2) is 37.5 Å². The molecule has 1 atom stereocenters. The molecule has 0 saturated carbocycles. The minimum Gasteiger partial charge on any atom is -0.385 e. The number of nitrogens with zero attached hydrogens (tertiary/aromatic N) is 1. The molecule has 1 aromatic carbocycles. The zero-order chi connectivity index (χ0) is 13.7. The van der Waals surface area contributed by atoms with Crippen molar-refractivity contribution in [2.24, 2.45) is 5.92 Å². The van der Waals surface area contributed by atoms with Crippen LogP contribution >= 0.6 is 0 Å². The Morgan fingerprint density at radius 3 is 2.95 bits per heavy atom. The van der Waals surface area contributed by atoms with Gasteiger partial charge in [-0.15, -0.1) is 0 Å². The Labute approximate surface area is 115 Å². The van der Waals surface area contributed by atoms with Crippen molar-refractivity contribution < 1.29 is 4.79 Å². The average molecular weight is 261 g/mol. The molecule has 0 bridgehead atoms. The molecule has 4 nitrogen and oxygen atoms in total. The number of likely N-dealkylation sites (tertiary alicyclic amines) is 1. The summed E-state index contributed by atoms with van der Waals surface area (Å²) in [4.78, 5) is 13.4. The van der Waals surface area contributed by atoms with E-state index in [0.29, 0.717) is 5.92 Å². The first-order valence-electron chi connectivity index (χ1n) is 6.93. The first-order chi connectivity index (χ1) is 9.13. The molecule has 19 heavy (non-hydrogen) atoms.